The van der Waals surface area contributed by atoms with E-state index in [1.54, 1.807) is 53.0 Å². The summed E-state index contributed by atoms with van der Waals surface area (Å²) in [6.07, 6.45) is 1.57. The van der Waals surface area contributed by atoms with Crippen molar-refractivity contribution < 1.29 is 14.8 Å². The fourth-order valence-corrected chi connectivity index (χ4v) is 1.54. The number of nitrogens with one attached hydrogen (secondary N) is 2. The van der Waals surface area contributed by atoms with Crippen LogP contribution in [-0.2, 0) is 4.65 Å². The smallest absolute Gasteiger partial charge is 0.423 e. The van der Waals surface area contributed by atoms with Gasteiger partial charge in [-0.2, -0.15) is 0 Å². The van der Waals surface area contributed by atoms with Crippen molar-refractivity contribution in [1.29, 1.82) is 0 Å². The number of rotatable bonds is 5. The predicted octanol–water partition coefficient (Wildman–Crippen LogP) is -0.518. The molecule has 0 saturated heterocycles. The van der Waals surface area contributed by atoms with Crippen LogP contribution in [0.1, 0.15) is 27.7 Å². The van der Waals surface area contributed by atoms with Gasteiger partial charge in [-0.05, 0) is 33.2 Å². The van der Waals surface area contributed by atoms with Gasteiger partial charge < -0.3 is 20.1 Å². The first-order valence-corrected chi connectivity index (χ1v) is 6.60. The highest BCUT2D eigenvalue weighted by molar-refractivity contribution is 6.52. The molecule has 0 aromatic rings. The fraction of sp³-hybridized carbons (Fsp3) is 0.750. The van der Waals surface area contributed by atoms with Crippen LogP contribution in [0.25, 0.3) is 0 Å². The molecule has 0 spiro atoms. The first kappa shape index (κ1) is 17.0. The Morgan fingerprint density at radius 3 is 2.40 bits per heavy atom. The maximum atomic E-state index is 10.2. The van der Waals surface area contributed by atoms with Crippen molar-refractivity contribution in [2.45, 2.75) is 38.9 Å². The Morgan fingerprint density at radius 2 is 1.95 bits per heavy atom. The normalized spacial score (nSPS) is 16.7. The number of hydrogen-bond donors (Lipinski definition) is 4. The molecule has 0 fully saturated rings. The van der Waals surface area contributed by atoms with Crippen LogP contribution in [0.3, 0.4) is 0 Å². The molecule has 1 aliphatic rings. The van der Waals surface area contributed by atoms with Gasteiger partial charge in [-0.1, -0.05) is 0 Å². The van der Waals surface area contributed by atoms with E-state index >= 15 is 0 Å². The summed E-state index contributed by atoms with van der Waals surface area (Å²) in [4.78, 5) is 4.20. The molecule has 4 N–H and O–H groups in total. The van der Waals surface area contributed by atoms with Crippen LogP contribution in [0.5, 0.6) is 0 Å². The molecule has 1 aliphatic heterocycles. The monoisotopic (exact) mass is 284 g/mol. The minimum absolute atomic E-state index is 0.430. The van der Waals surface area contributed by atoms with Gasteiger partial charge in [0.05, 0.1) is 17.7 Å². The van der Waals surface area contributed by atoms with E-state index < -0.39 is 18.3 Å². The minimum atomic E-state index is -1.13. The second-order valence-corrected chi connectivity index (χ2v) is 5.76. The van der Waals surface area contributed by atoms with E-state index in [4.69, 9.17) is 4.65 Å². The van der Waals surface area contributed by atoms with Crippen molar-refractivity contribution in [3.8, 4) is 0 Å². The molecule has 7 nitrogen and oxygen atoms in total. The Morgan fingerprint density at radius 1 is 1.35 bits per heavy atom. The third-order valence-electron chi connectivity index (χ3n) is 3.64. The van der Waals surface area contributed by atoms with Crippen molar-refractivity contribution in [3.05, 3.63) is 11.7 Å². The lowest BCUT2D eigenvalue weighted by molar-refractivity contribution is -0.0990. The summed E-state index contributed by atoms with van der Waals surface area (Å²) in [5.74, 6) is 0.658. The van der Waals surface area contributed by atoms with Gasteiger partial charge in [-0.3, -0.25) is 5.01 Å². The predicted molar refractivity (Wildman–Crippen MR) is 79.8 cm³/mol. The quantitative estimate of drug-likeness (QED) is 0.508. The van der Waals surface area contributed by atoms with Crippen LogP contribution in [0, 0.1) is 0 Å². The Hall–Kier alpha value is -1.09. The van der Waals surface area contributed by atoms with Gasteiger partial charge in [0, 0.05) is 20.3 Å². The molecule has 20 heavy (non-hydrogen) atoms. The first-order chi connectivity index (χ1) is 9.12. The van der Waals surface area contributed by atoms with E-state index in [9.17, 15) is 10.1 Å². The SMILES string of the molecule is CNC1=NC=C(B(O)OC(C)(C)C(C)(C)O)CN1NC. The van der Waals surface area contributed by atoms with Crippen LogP contribution in [-0.4, -0.2) is 60.1 Å². The van der Waals surface area contributed by atoms with Gasteiger partial charge in [0.15, 0.2) is 0 Å². The topological polar surface area (TPSA) is 89.4 Å². The highest BCUT2D eigenvalue weighted by atomic mass is 16.5. The zero-order valence-corrected chi connectivity index (χ0v) is 13.1. The van der Waals surface area contributed by atoms with E-state index in [1.807, 2.05) is 0 Å². The molecular formula is C12H25BN4O3. The summed E-state index contributed by atoms with van der Waals surface area (Å²) >= 11 is 0. The average Bonchev–Trinajstić information content (AvgIpc) is 2.35. The lowest BCUT2D eigenvalue weighted by Gasteiger charge is -2.39. The highest BCUT2D eigenvalue weighted by Gasteiger charge is 2.40. The molecule has 0 aromatic carbocycles. The molecule has 1 heterocycles. The van der Waals surface area contributed by atoms with Gasteiger partial charge in [-0.15, -0.1) is 0 Å². The number of aliphatic imine (C=N–C) groups is 1. The molecule has 0 saturated carbocycles. The number of hydrogen-bond acceptors (Lipinski definition) is 7. The Bertz CT molecular complexity index is 404. The third kappa shape index (κ3) is 3.72. The maximum absolute atomic E-state index is 10.2. The molecule has 0 aliphatic carbocycles. The highest BCUT2D eigenvalue weighted by Crippen LogP contribution is 2.26. The molecule has 0 bridgehead atoms. The van der Waals surface area contributed by atoms with Crippen LogP contribution >= 0.6 is 0 Å². The van der Waals surface area contributed by atoms with E-state index in [1.165, 1.54) is 0 Å². The van der Waals surface area contributed by atoms with E-state index in [0.717, 1.165) is 0 Å². The zero-order chi connectivity index (χ0) is 15.6. The standard InChI is InChI=1S/C12H25BN4O3/c1-11(2,18)12(3,4)20-13(19)9-7-16-10(14-5)17(8-9)15-6/h7,15,18-19H,8H2,1-6H3,(H,14,16). The molecule has 0 unspecified atom stereocenters. The molecule has 0 amide bonds. The van der Waals surface area contributed by atoms with Crippen molar-refractivity contribution in [3.63, 3.8) is 0 Å². The average molecular weight is 284 g/mol. The van der Waals surface area contributed by atoms with Crippen molar-refractivity contribution >= 4 is 13.1 Å². The Labute approximate surface area is 120 Å². The van der Waals surface area contributed by atoms with Crippen LogP contribution in [0.15, 0.2) is 16.7 Å². The van der Waals surface area contributed by atoms with Crippen molar-refractivity contribution in [2.24, 2.45) is 4.99 Å². The van der Waals surface area contributed by atoms with Gasteiger partial charge in [-0.25, -0.2) is 10.4 Å². The molecule has 114 valence electrons. The second-order valence-electron chi connectivity index (χ2n) is 5.76. The Kier molecular flexibility index (Phi) is 5.20. The molecule has 1 rings (SSSR count). The van der Waals surface area contributed by atoms with E-state index in [2.05, 4.69) is 15.7 Å². The number of aliphatic hydroxyl groups is 1. The molecule has 0 radical (unpaired) electrons. The molecule has 0 aromatic heterocycles. The lowest BCUT2D eigenvalue weighted by Crippen LogP contribution is -2.54. The summed E-state index contributed by atoms with van der Waals surface area (Å²) in [5, 5.41) is 24.9. The van der Waals surface area contributed by atoms with E-state index in [0.29, 0.717) is 18.0 Å². The number of hydrazine groups is 1. The van der Waals surface area contributed by atoms with Gasteiger partial charge in [0.2, 0.25) is 5.96 Å². The number of nitrogens with zero attached hydrogens (tertiary/aromatic N) is 2. The summed E-state index contributed by atoms with van der Waals surface area (Å²) < 4.78 is 5.60. The largest absolute Gasteiger partial charge is 0.490 e. The van der Waals surface area contributed by atoms with Gasteiger partial charge in [0.1, 0.15) is 0 Å². The minimum Gasteiger partial charge on any atom is -0.423 e. The lowest BCUT2D eigenvalue weighted by atomic mass is 9.76. The summed E-state index contributed by atoms with van der Waals surface area (Å²) in [6.45, 7) is 7.19. The fourth-order valence-electron chi connectivity index (χ4n) is 1.54. The molecule has 0 atom stereocenters. The summed E-state index contributed by atoms with van der Waals surface area (Å²) in [7, 11) is 2.41. The maximum Gasteiger partial charge on any atom is 0.490 e. The van der Waals surface area contributed by atoms with Crippen molar-refractivity contribution in [2.75, 3.05) is 20.6 Å². The third-order valence-corrected chi connectivity index (χ3v) is 3.64. The van der Waals surface area contributed by atoms with Gasteiger partial charge in [0.25, 0.3) is 0 Å². The van der Waals surface area contributed by atoms with E-state index in [-0.39, 0.29) is 0 Å². The summed E-state index contributed by atoms with van der Waals surface area (Å²) in [6, 6.07) is 0. The number of guanidine groups is 1. The Balaban J connectivity index is 2.81. The first-order valence-electron chi connectivity index (χ1n) is 6.60. The second kappa shape index (κ2) is 6.13. The molecule has 8 heteroatoms. The zero-order valence-electron chi connectivity index (χ0n) is 13.1. The summed E-state index contributed by atoms with van der Waals surface area (Å²) in [5.41, 5.74) is 1.60. The van der Waals surface area contributed by atoms with Crippen molar-refractivity contribution in [1.82, 2.24) is 15.8 Å². The van der Waals surface area contributed by atoms with Gasteiger partial charge >= 0.3 is 7.12 Å². The van der Waals surface area contributed by atoms with Crippen LogP contribution in [0.4, 0.5) is 0 Å². The van der Waals surface area contributed by atoms with Crippen LogP contribution < -0.4 is 10.7 Å². The van der Waals surface area contributed by atoms with Crippen LogP contribution in [0.2, 0.25) is 0 Å². The molecular weight excluding hydrogens is 259 g/mol.